The third-order valence-corrected chi connectivity index (χ3v) is 5.42. The van der Waals surface area contributed by atoms with Gasteiger partial charge in [0.1, 0.15) is 10.8 Å². The molecule has 0 aliphatic heterocycles. The number of phenols is 1. The van der Waals surface area contributed by atoms with E-state index in [4.69, 9.17) is 9.47 Å². The molecule has 0 radical (unpaired) electrons. The van der Waals surface area contributed by atoms with E-state index < -0.39 is 5.97 Å². The molecule has 1 aromatic heterocycles. The summed E-state index contributed by atoms with van der Waals surface area (Å²) in [4.78, 5) is 16.2. The van der Waals surface area contributed by atoms with Crippen LogP contribution in [0.2, 0.25) is 0 Å². The largest absolute Gasteiger partial charge is 0.507 e. The van der Waals surface area contributed by atoms with Crippen molar-refractivity contribution in [2.75, 3.05) is 13.2 Å². The lowest BCUT2D eigenvalue weighted by Gasteiger charge is -2.11. The molecule has 1 heterocycles. The van der Waals surface area contributed by atoms with Crippen LogP contribution in [0, 0.1) is 0 Å². The van der Waals surface area contributed by atoms with Crippen LogP contribution >= 0.6 is 11.3 Å². The van der Waals surface area contributed by atoms with Gasteiger partial charge >= 0.3 is 5.97 Å². The maximum Gasteiger partial charge on any atom is 0.335 e. The number of ether oxygens (including phenoxy) is 2. The fourth-order valence-electron chi connectivity index (χ4n) is 3.19. The molecular formula is C23H25NO5S. The second-order valence-corrected chi connectivity index (χ2v) is 7.51. The molecule has 0 aliphatic carbocycles. The van der Waals surface area contributed by atoms with Crippen LogP contribution in [0.15, 0.2) is 35.7 Å². The van der Waals surface area contributed by atoms with Crippen molar-refractivity contribution in [3.8, 4) is 39.1 Å². The van der Waals surface area contributed by atoms with Crippen LogP contribution in [0.1, 0.15) is 43.1 Å². The highest BCUT2D eigenvalue weighted by Gasteiger charge is 2.18. The molecule has 0 saturated heterocycles. The van der Waals surface area contributed by atoms with Crippen molar-refractivity contribution in [3.63, 3.8) is 0 Å². The maximum absolute atomic E-state index is 11.5. The van der Waals surface area contributed by atoms with E-state index in [1.54, 1.807) is 0 Å². The number of aryl methyl sites for hydroxylation is 1. The summed E-state index contributed by atoms with van der Waals surface area (Å²) < 4.78 is 11.3. The minimum Gasteiger partial charge on any atom is -0.507 e. The Hall–Kier alpha value is -3.06. The number of aromatic hydroxyl groups is 1. The Morgan fingerprint density at radius 1 is 1.07 bits per heavy atom. The van der Waals surface area contributed by atoms with Gasteiger partial charge in [-0.1, -0.05) is 13.3 Å². The number of thiazole rings is 1. The molecule has 0 amide bonds. The van der Waals surface area contributed by atoms with Gasteiger partial charge in [0.15, 0.2) is 11.5 Å². The molecule has 0 fully saturated rings. The fraction of sp³-hybridized carbons (Fsp3) is 0.304. The standard InChI is InChI=1S/C23H25NO5S/c1-4-7-14-10-16(23(26)27)11-17(21(14)25)18-13-30-22(24-18)15-8-9-19(28-5-2)20(12-15)29-6-3/h8-13,25H,4-7H2,1-3H3,(H,26,27). The Morgan fingerprint density at radius 3 is 2.47 bits per heavy atom. The quantitative estimate of drug-likeness (QED) is 0.460. The molecule has 2 aromatic carbocycles. The Morgan fingerprint density at radius 2 is 1.80 bits per heavy atom. The number of hydrogen-bond donors (Lipinski definition) is 2. The summed E-state index contributed by atoms with van der Waals surface area (Å²) in [5.74, 6) is 0.378. The Balaban J connectivity index is 2.03. The van der Waals surface area contributed by atoms with Gasteiger partial charge < -0.3 is 19.7 Å². The second-order valence-electron chi connectivity index (χ2n) is 6.65. The monoisotopic (exact) mass is 427 g/mol. The molecule has 0 aliphatic rings. The lowest BCUT2D eigenvalue weighted by atomic mass is 9.99. The van der Waals surface area contributed by atoms with Crippen LogP contribution in [-0.2, 0) is 6.42 Å². The van der Waals surface area contributed by atoms with Crippen LogP contribution in [0.3, 0.4) is 0 Å². The molecule has 0 saturated carbocycles. The smallest absolute Gasteiger partial charge is 0.335 e. The van der Waals surface area contributed by atoms with Crippen molar-refractivity contribution in [3.05, 3.63) is 46.8 Å². The van der Waals surface area contributed by atoms with Crippen LogP contribution in [0.25, 0.3) is 21.8 Å². The number of aromatic nitrogens is 1. The molecule has 30 heavy (non-hydrogen) atoms. The molecule has 7 heteroatoms. The van der Waals surface area contributed by atoms with Gasteiger partial charge in [-0.2, -0.15) is 0 Å². The normalized spacial score (nSPS) is 10.8. The molecule has 6 nitrogen and oxygen atoms in total. The number of carbonyl (C=O) groups is 1. The number of carboxylic acid groups (broad SMARTS) is 1. The molecule has 0 unspecified atom stereocenters. The summed E-state index contributed by atoms with van der Waals surface area (Å²) in [6.45, 7) is 6.87. The number of hydrogen-bond acceptors (Lipinski definition) is 6. The Kier molecular flexibility index (Phi) is 6.95. The lowest BCUT2D eigenvalue weighted by Crippen LogP contribution is -2.00. The molecule has 158 valence electrons. The van der Waals surface area contributed by atoms with Crippen molar-refractivity contribution in [2.45, 2.75) is 33.6 Å². The SMILES string of the molecule is CCCc1cc(C(=O)O)cc(-c2csc(-c3ccc(OCC)c(OCC)c3)n2)c1O. The zero-order valence-electron chi connectivity index (χ0n) is 17.3. The number of benzene rings is 2. The average Bonchev–Trinajstić information content (AvgIpc) is 3.21. The zero-order valence-corrected chi connectivity index (χ0v) is 18.1. The van der Waals surface area contributed by atoms with Gasteiger partial charge in [-0.25, -0.2) is 9.78 Å². The van der Waals surface area contributed by atoms with E-state index in [9.17, 15) is 15.0 Å². The van der Waals surface area contributed by atoms with E-state index in [0.29, 0.717) is 48.0 Å². The fourth-order valence-corrected chi connectivity index (χ4v) is 4.00. The molecule has 0 spiro atoms. The third-order valence-electron chi connectivity index (χ3n) is 4.53. The van der Waals surface area contributed by atoms with Crippen LogP contribution in [0.4, 0.5) is 0 Å². The Bertz CT molecular complexity index is 1040. The number of rotatable bonds is 9. The highest BCUT2D eigenvalue weighted by Crippen LogP contribution is 2.39. The van der Waals surface area contributed by atoms with Gasteiger partial charge in [0.2, 0.25) is 0 Å². The summed E-state index contributed by atoms with van der Waals surface area (Å²) in [5, 5.41) is 22.7. The van der Waals surface area contributed by atoms with Crippen molar-refractivity contribution < 1.29 is 24.5 Å². The van der Waals surface area contributed by atoms with E-state index in [0.717, 1.165) is 17.0 Å². The van der Waals surface area contributed by atoms with Gasteiger partial charge in [0.25, 0.3) is 0 Å². The summed E-state index contributed by atoms with van der Waals surface area (Å²) in [5.41, 5.74) is 2.58. The first-order chi connectivity index (χ1) is 14.5. The summed E-state index contributed by atoms with van der Waals surface area (Å²) in [6.07, 6.45) is 1.39. The van der Waals surface area contributed by atoms with Gasteiger partial charge in [0.05, 0.1) is 24.5 Å². The Labute approximate surface area is 179 Å². The van der Waals surface area contributed by atoms with Gasteiger partial charge in [-0.3, -0.25) is 0 Å². The molecule has 0 atom stereocenters. The molecule has 3 aromatic rings. The number of carboxylic acids is 1. The highest BCUT2D eigenvalue weighted by molar-refractivity contribution is 7.13. The third kappa shape index (κ3) is 4.57. The minimum absolute atomic E-state index is 0.0837. The van der Waals surface area contributed by atoms with Crippen LogP contribution in [-0.4, -0.2) is 34.4 Å². The summed E-state index contributed by atoms with van der Waals surface area (Å²) in [7, 11) is 0. The molecular weight excluding hydrogens is 402 g/mol. The van der Waals surface area contributed by atoms with E-state index >= 15 is 0 Å². The zero-order chi connectivity index (χ0) is 21.7. The van der Waals surface area contributed by atoms with Crippen molar-refractivity contribution >= 4 is 17.3 Å². The average molecular weight is 428 g/mol. The van der Waals surface area contributed by atoms with Crippen molar-refractivity contribution in [2.24, 2.45) is 0 Å². The van der Waals surface area contributed by atoms with Gasteiger partial charge in [-0.05, 0) is 56.2 Å². The predicted octanol–water partition coefficient (Wildman–Crippen LogP) is 5.63. The number of nitrogens with zero attached hydrogens (tertiary/aromatic N) is 1. The first-order valence-corrected chi connectivity index (χ1v) is 10.8. The highest BCUT2D eigenvalue weighted by atomic mass is 32.1. The van der Waals surface area contributed by atoms with Gasteiger partial charge in [0, 0.05) is 16.5 Å². The minimum atomic E-state index is -1.03. The van der Waals surface area contributed by atoms with E-state index in [2.05, 4.69) is 4.98 Å². The molecule has 0 bridgehead atoms. The summed E-state index contributed by atoms with van der Waals surface area (Å²) in [6, 6.07) is 8.64. The second kappa shape index (κ2) is 9.63. The maximum atomic E-state index is 11.5. The topological polar surface area (TPSA) is 88.9 Å². The predicted molar refractivity (Wildman–Crippen MR) is 118 cm³/mol. The van der Waals surface area contributed by atoms with E-state index in [-0.39, 0.29) is 11.3 Å². The van der Waals surface area contributed by atoms with Gasteiger partial charge in [-0.15, -0.1) is 11.3 Å². The summed E-state index contributed by atoms with van der Waals surface area (Å²) >= 11 is 1.42. The van der Waals surface area contributed by atoms with Crippen LogP contribution < -0.4 is 9.47 Å². The first kappa shape index (κ1) is 21.6. The molecule has 2 N–H and O–H groups in total. The lowest BCUT2D eigenvalue weighted by molar-refractivity contribution is 0.0697. The van der Waals surface area contributed by atoms with E-state index in [1.807, 2.05) is 44.4 Å². The van der Waals surface area contributed by atoms with Crippen molar-refractivity contribution in [1.82, 2.24) is 4.98 Å². The first-order valence-electron chi connectivity index (χ1n) is 9.93. The van der Waals surface area contributed by atoms with Crippen LogP contribution in [0.5, 0.6) is 17.2 Å². The van der Waals surface area contributed by atoms with E-state index in [1.165, 1.54) is 23.5 Å². The molecule has 3 rings (SSSR count). The number of aromatic carboxylic acids is 1. The van der Waals surface area contributed by atoms with Crippen molar-refractivity contribution in [1.29, 1.82) is 0 Å². The number of phenolic OH excluding ortho intramolecular Hbond substituents is 1.